The van der Waals surface area contributed by atoms with E-state index in [1.807, 2.05) is 36.5 Å². The molecule has 0 heterocycles. The molecule has 0 saturated carbocycles. The molecule has 0 rings (SSSR count). The Morgan fingerprint density at radius 2 is 1.38 bits per heavy atom. The van der Waals surface area contributed by atoms with E-state index in [0.29, 0.717) is 23.9 Å². The van der Waals surface area contributed by atoms with Crippen LogP contribution in [0.15, 0.2) is 98.6 Å². The second kappa shape index (κ2) is 14.3. The van der Waals surface area contributed by atoms with E-state index in [0.717, 1.165) is 0 Å². The zero-order valence-electron chi connectivity index (χ0n) is 12.2. The van der Waals surface area contributed by atoms with Crippen molar-refractivity contribution in [3.05, 3.63) is 98.6 Å². The zero-order chi connectivity index (χ0) is 15.8. The Morgan fingerprint density at radius 1 is 0.810 bits per heavy atom. The molecule has 0 unspecified atom stereocenters. The van der Waals surface area contributed by atoms with Gasteiger partial charge in [-0.15, -0.1) is 0 Å². The monoisotopic (exact) mass is 302 g/mol. The van der Waals surface area contributed by atoms with Crippen LogP contribution in [0, 0.1) is 0 Å². The second-order valence-electron chi connectivity index (χ2n) is 3.54. The quantitative estimate of drug-likeness (QED) is 0.211. The SMILES string of the molecule is C=C/C=C\C=C(/C=C)OCCSO/C(C=C)=C/C=C\C=C. The summed E-state index contributed by atoms with van der Waals surface area (Å²) in [6.45, 7) is 15.1. The van der Waals surface area contributed by atoms with E-state index in [2.05, 4.69) is 26.3 Å². The molecule has 21 heavy (non-hydrogen) atoms. The summed E-state index contributed by atoms with van der Waals surface area (Å²) in [7, 11) is 0. The van der Waals surface area contributed by atoms with Crippen LogP contribution in [0.1, 0.15) is 0 Å². The molecule has 0 aromatic carbocycles. The van der Waals surface area contributed by atoms with Gasteiger partial charge in [0.05, 0.1) is 17.8 Å². The third kappa shape index (κ3) is 11.4. The van der Waals surface area contributed by atoms with Crippen molar-refractivity contribution < 1.29 is 8.92 Å². The Kier molecular flexibility index (Phi) is 12.8. The molecule has 0 atom stereocenters. The Bertz CT molecular complexity index is 412. The first-order valence-corrected chi connectivity index (χ1v) is 7.35. The number of hydrogen-bond donors (Lipinski definition) is 0. The van der Waals surface area contributed by atoms with Crippen LogP contribution in [0.4, 0.5) is 0 Å². The minimum absolute atomic E-state index is 0.525. The summed E-state index contributed by atoms with van der Waals surface area (Å²) >= 11 is 1.30. The molecule has 0 N–H and O–H groups in total. The highest BCUT2D eigenvalue weighted by molar-refractivity contribution is 7.94. The van der Waals surface area contributed by atoms with Crippen LogP contribution in [0.25, 0.3) is 0 Å². The lowest BCUT2D eigenvalue weighted by Crippen LogP contribution is -1.96. The Labute approximate surface area is 132 Å². The third-order valence-electron chi connectivity index (χ3n) is 2.01. The predicted molar refractivity (Wildman–Crippen MR) is 94.7 cm³/mol. The van der Waals surface area contributed by atoms with Crippen molar-refractivity contribution in [3.8, 4) is 0 Å². The van der Waals surface area contributed by atoms with Crippen molar-refractivity contribution >= 4 is 12.0 Å². The maximum absolute atomic E-state index is 5.54. The van der Waals surface area contributed by atoms with Crippen molar-refractivity contribution in [1.29, 1.82) is 0 Å². The van der Waals surface area contributed by atoms with Crippen molar-refractivity contribution in [2.24, 2.45) is 0 Å². The lowest BCUT2D eigenvalue weighted by molar-refractivity contribution is 0.245. The van der Waals surface area contributed by atoms with Crippen LogP contribution >= 0.6 is 12.0 Å². The average Bonchev–Trinajstić information content (AvgIpc) is 2.51. The first kappa shape index (κ1) is 18.9. The molecule has 112 valence electrons. The summed E-state index contributed by atoms with van der Waals surface area (Å²) in [5, 5.41) is 0. The van der Waals surface area contributed by atoms with Gasteiger partial charge in [0.25, 0.3) is 0 Å². The van der Waals surface area contributed by atoms with Crippen molar-refractivity contribution in [3.63, 3.8) is 0 Å². The molecule has 0 aliphatic rings. The largest absolute Gasteiger partial charge is 0.493 e. The van der Waals surface area contributed by atoms with Gasteiger partial charge in [-0.3, -0.25) is 0 Å². The van der Waals surface area contributed by atoms with Gasteiger partial charge >= 0.3 is 0 Å². The van der Waals surface area contributed by atoms with E-state index < -0.39 is 0 Å². The molecule has 0 radical (unpaired) electrons. The smallest absolute Gasteiger partial charge is 0.136 e. The molecular weight excluding hydrogens is 280 g/mol. The van der Waals surface area contributed by atoms with E-state index in [-0.39, 0.29) is 0 Å². The summed E-state index contributed by atoms with van der Waals surface area (Å²) in [5.41, 5.74) is 0. The lowest BCUT2D eigenvalue weighted by Gasteiger charge is -2.07. The first-order valence-electron chi connectivity index (χ1n) is 6.44. The zero-order valence-corrected chi connectivity index (χ0v) is 13.1. The molecule has 0 aliphatic heterocycles. The molecule has 0 amide bonds. The van der Waals surface area contributed by atoms with Gasteiger partial charge in [0, 0.05) is 0 Å². The summed E-state index contributed by atoms with van der Waals surface area (Å²) < 4.78 is 11.0. The number of allylic oxidation sites excluding steroid dienone is 10. The molecule has 0 saturated heterocycles. The number of hydrogen-bond acceptors (Lipinski definition) is 3. The molecule has 3 heteroatoms. The van der Waals surface area contributed by atoms with Gasteiger partial charge in [0.15, 0.2) is 0 Å². The first-order chi connectivity index (χ1) is 10.3. The molecule has 0 aromatic heterocycles. The summed E-state index contributed by atoms with van der Waals surface area (Å²) in [4.78, 5) is 0. The van der Waals surface area contributed by atoms with E-state index >= 15 is 0 Å². The van der Waals surface area contributed by atoms with E-state index in [1.165, 1.54) is 12.0 Å². The van der Waals surface area contributed by atoms with Crippen LogP contribution in [-0.4, -0.2) is 12.4 Å². The highest BCUT2D eigenvalue weighted by Crippen LogP contribution is 2.12. The van der Waals surface area contributed by atoms with E-state index in [4.69, 9.17) is 8.92 Å². The molecule has 0 aromatic rings. The average molecular weight is 302 g/mol. The molecule has 2 nitrogen and oxygen atoms in total. The molecule has 0 aliphatic carbocycles. The topological polar surface area (TPSA) is 18.5 Å². The van der Waals surface area contributed by atoms with Gasteiger partial charge in [-0.25, -0.2) is 0 Å². The van der Waals surface area contributed by atoms with Crippen molar-refractivity contribution in [1.82, 2.24) is 0 Å². The number of ether oxygens (including phenoxy) is 1. The fourth-order valence-corrected chi connectivity index (χ4v) is 1.56. The lowest BCUT2D eigenvalue weighted by atomic mass is 10.4. The van der Waals surface area contributed by atoms with E-state index in [9.17, 15) is 0 Å². The van der Waals surface area contributed by atoms with E-state index in [1.54, 1.807) is 24.3 Å². The van der Waals surface area contributed by atoms with Gasteiger partial charge in [0.2, 0.25) is 0 Å². The Balaban J connectivity index is 4.03. The summed E-state index contributed by atoms with van der Waals surface area (Å²) in [6.07, 6.45) is 17.7. The van der Waals surface area contributed by atoms with Crippen LogP contribution in [-0.2, 0) is 8.92 Å². The Morgan fingerprint density at radius 3 is 1.90 bits per heavy atom. The summed E-state index contributed by atoms with van der Waals surface area (Å²) in [6, 6.07) is 0. The molecule has 0 bridgehead atoms. The van der Waals surface area contributed by atoms with Gasteiger partial charge in [0.1, 0.15) is 18.1 Å². The fraction of sp³-hybridized carbons (Fsp3) is 0.111. The van der Waals surface area contributed by atoms with Crippen molar-refractivity contribution in [2.75, 3.05) is 12.4 Å². The van der Waals surface area contributed by atoms with Gasteiger partial charge < -0.3 is 8.92 Å². The van der Waals surface area contributed by atoms with Crippen LogP contribution < -0.4 is 0 Å². The number of rotatable bonds is 12. The standard InChI is InChI=1S/C18H22O2S/c1-5-9-11-13-17(7-3)19-15-16-21-20-18(8-4)14-12-10-6-2/h5-14H,1-4,15-16H2/b11-9-,12-10-,17-13+,18-14+. The fourth-order valence-electron chi connectivity index (χ4n) is 1.07. The predicted octanol–water partition coefficient (Wildman–Crippen LogP) is 5.29. The third-order valence-corrected chi connectivity index (χ3v) is 2.65. The summed E-state index contributed by atoms with van der Waals surface area (Å²) in [5.74, 6) is 2.08. The minimum atomic E-state index is 0.525. The van der Waals surface area contributed by atoms with Crippen molar-refractivity contribution in [2.45, 2.75) is 0 Å². The van der Waals surface area contributed by atoms with Crippen LogP contribution in [0.5, 0.6) is 0 Å². The van der Waals surface area contributed by atoms with Gasteiger partial charge in [-0.1, -0.05) is 62.8 Å². The highest BCUT2D eigenvalue weighted by Gasteiger charge is 1.95. The highest BCUT2D eigenvalue weighted by atomic mass is 32.2. The minimum Gasteiger partial charge on any atom is -0.493 e. The molecule has 0 spiro atoms. The van der Waals surface area contributed by atoms with Gasteiger partial charge in [-0.05, 0) is 24.3 Å². The van der Waals surface area contributed by atoms with Crippen LogP contribution in [0.3, 0.4) is 0 Å². The molecule has 0 fully saturated rings. The maximum Gasteiger partial charge on any atom is 0.136 e. The van der Waals surface area contributed by atoms with Gasteiger partial charge in [-0.2, -0.15) is 0 Å². The molecular formula is C18H22O2S. The maximum atomic E-state index is 5.54. The second-order valence-corrected chi connectivity index (χ2v) is 4.35. The Hall–Kier alpha value is -2.13. The normalized spacial score (nSPS) is 12.4. The van der Waals surface area contributed by atoms with Crippen LogP contribution in [0.2, 0.25) is 0 Å².